The SMILES string of the molecule is CC(Nc1nc2cc(Cl)ccc2s1)C(=O)N(C)C. The molecule has 0 aliphatic heterocycles. The van der Waals surface area contributed by atoms with Crippen LogP contribution in [0.4, 0.5) is 5.13 Å². The van der Waals surface area contributed by atoms with Crippen molar-refractivity contribution in [2.75, 3.05) is 19.4 Å². The van der Waals surface area contributed by atoms with E-state index in [0.717, 1.165) is 15.3 Å². The smallest absolute Gasteiger partial charge is 0.244 e. The molecule has 0 saturated heterocycles. The van der Waals surface area contributed by atoms with Crippen LogP contribution in [-0.2, 0) is 4.79 Å². The average Bonchev–Trinajstić information content (AvgIpc) is 2.68. The molecule has 2 aromatic rings. The van der Waals surface area contributed by atoms with Crippen LogP contribution in [0.3, 0.4) is 0 Å². The molecule has 0 radical (unpaired) electrons. The average molecular weight is 284 g/mol. The molecule has 0 aliphatic rings. The summed E-state index contributed by atoms with van der Waals surface area (Å²) in [6.45, 7) is 1.82. The van der Waals surface area contributed by atoms with E-state index in [1.165, 1.54) is 11.3 Å². The fraction of sp³-hybridized carbons (Fsp3) is 0.333. The molecule has 2 rings (SSSR count). The Hall–Kier alpha value is -1.33. The quantitative estimate of drug-likeness (QED) is 0.942. The van der Waals surface area contributed by atoms with Crippen molar-refractivity contribution >= 4 is 44.2 Å². The van der Waals surface area contributed by atoms with Crippen molar-refractivity contribution in [3.05, 3.63) is 23.2 Å². The van der Waals surface area contributed by atoms with Gasteiger partial charge in [-0.3, -0.25) is 4.79 Å². The second kappa shape index (κ2) is 5.12. The second-order valence-electron chi connectivity index (χ2n) is 4.23. The van der Waals surface area contributed by atoms with Crippen LogP contribution < -0.4 is 5.32 Å². The van der Waals surface area contributed by atoms with Gasteiger partial charge < -0.3 is 10.2 Å². The van der Waals surface area contributed by atoms with Crippen LogP contribution in [-0.4, -0.2) is 35.9 Å². The molecule has 18 heavy (non-hydrogen) atoms. The lowest BCUT2D eigenvalue weighted by atomic mass is 10.3. The molecule has 1 amide bonds. The number of benzene rings is 1. The van der Waals surface area contributed by atoms with E-state index in [2.05, 4.69) is 10.3 Å². The number of nitrogens with one attached hydrogen (secondary N) is 1. The van der Waals surface area contributed by atoms with E-state index in [1.54, 1.807) is 19.0 Å². The first kappa shape index (κ1) is 13.1. The fourth-order valence-electron chi connectivity index (χ4n) is 1.60. The Balaban J connectivity index is 2.19. The summed E-state index contributed by atoms with van der Waals surface area (Å²) >= 11 is 7.42. The van der Waals surface area contributed by atoms with Gasteiger partial charge in [0.15, 0.2) is 5.13 Å². The van der Waals surface area contributed by atoms with Crippen LogP contribution in [0.1, 0.15) is 6.92 Å². The third-order valence-corrected chi connectivity index (χ3v) is 3.70. The molecule has 0 aliphatic carbocycles. The molecule has 0 spiro atoms. The van der Waals surface area contributed by atoms with E-state index in [0.29, 0.717) is 5.02 Å². The van der Waals surface area contributed by atoms with E-state index in [4.69, 9.17) is 11.6 Å². The molecule has 1 atom stereocenters. The molecule has 0 bridgehead atoms. The summed E-state index contributed by atoms with van der Waals surface area (Å²) in [5.74, 6) is 0.0206. The molecule has 1 aromatic heterocycles. The van der Waals surface area contributed by atoms with Gasteiger partial charge in [-0.1, -0.05) is 22.9 Å². The minimum Gasteiger partial charge on any atom is -0.350 e. The fourth-order valence-corrected chi connectivity index (χ4v) is 2.70. The van der Waals surface area contributed by atoms with Gasteiger partial charge in [0.25, 0.3) is 0 Å². The number of nitrogens with zero attached hydrogens (tertiary/aromatic N) is 2. The Labute approximate surface area is 115 Å². The standard InChI is InChI=1S/C12H14ClN3OS/c1-7(11(17)16(2)3)14-12-15-9-6-8(13)4-5-10(9)18-12/h4-7H,1-3H3,(H,14,15). The van der Waals surface area contributed by atoms with E-state index in [-0.39, 0.29) is 11.9 Å². The molecule has 4 nitrogen and oxygen atoms in total. The molecule has 0 fully saturated rings. The number of aromatic nitrogens is 1. The Morgan fingerprint density at radius 1 is 1.50 bits per heavy atom. The molecular formula is C12H14ClN3OS. The van der Waals surface area contributed by atoms with Gasteiger partial charge in [0, 0.05) is 19.1 Å². The minimum atomic E-state index is -0.295. The lowest BCUT2D eigenvalue weighted by molar-refractivity contribution is -0.129. The third kappa shape index (κ3) is 2.73. The van der Waals surface area contributed by atoms with Crippen LogP contribution in [0.15, 0.2) is 18.2 Å². The number of halogens is 1. The molecule has 1 unspecified atom stereocenters. The van der Waals surface area contributed by atoms with Gasteiger partial charge in [-0.15, -0.1) is 0 Å². The van der Waals surface area contributed by atoms with Crippen molar-refractivity contribution in [3.63, 3.8) is 0 Å². The van der Waals surface area contributed by atoms with Gasteiger partial charge in [-0.25, -0.2) is 4.98 Å². The highest BCUT2D eigenvalue weighted by atomic mass is 35.5. The van der Waals surface area contributed by atoms with Gasteiger partial charge in [-0.05, 0) is 25.1 Å². The summed E-state index contributed by atoms with van der Waals surface area (Å²) < 4.78 is 1.05. The largest absolute Gasteiger partial charge is 0.350 e. The molecule has 0 saturated carbocycles. The summed E-state index contributed by atoms with van der Waals surface area (Å²) in [6, 6.07) is 5.28. The highest BCUT2D eigenvalue weighted by Gasteiger charge is 2.16. The molecule has 6 heteroatoms. The Kier molecular flexibility index (Phi) is 3.73. The maximum absolute atomic E-state index is 11.7. The maximum Gasteiger partial charge on any atom is 0.244 e. The van der Waals surface area contributed by atoms with Crippen LogP contribution in [0.2, 0.25) is 5.02 Å². The van der Waals surface area contributed by atoms with Crippen LogP contribution in [0, 0.1) is 0 Å². The number of anilines is 1. The lowest BCUT2D eigenvalue weighted by Gasteiger charge is -2.17. The molecule has 1 N–H and O–H groups in total. The number of likely N-dealkylation sites (N-methyl/N-ethyl adjacent to an activating group) is 1. The zero-order chi connectivity index (χ0) is 13.3. The highest BCUT2D eigenvalue weighted by molar-refractivity contribution is 7.22. The normalized spacial score (nSPS) is 12.4. The van der Waals surface area contributed by atoms with Crippen molar-refractivity contribution in [2.24, 2.45) is 0 Å². The number of hydrogen-bond donors (Lipinski definition) is 1. The first-order chi connectivity index (χ1) is 8.47. The van der Waals surface area contributed by atoms with Crippen molar-refractivity contribution < 1.29 is 4.79 Å². The number of rotatable bonds is 3. The summed E-state index contributed by atoms with van der Waals surface area (Å²) in [6.07, 6.45) is 0. The number of fused-ring (bicyclic) bond motifs is 1. The van der Waals surface area contributed by atoms with Gasteiger partial charge >= 0.3 is 0 Å². The Bertz CT molecular complexity index is 582. The number of thiazole rings is 1. The maximum atomic E-state index is 11.7. The number of carbonyl (C=O) groups is 1. The second-order valence-corrected chi connectivity index (χ2v) is 5.70. The van der Waals surface area contributed by atoms with E-state index in [1.807, 2.05) is 25.1 Å². The summed E-state index contributed by atoms with van der Waals surface area (Å²) in [5, 5.41) is 4.50. The number of amides is 1. The third-order valence-electron chi connectivity index (χ3n) is 2.50. The van der Waals surface area contributed by atoms with E-state index < -0.39 is 0 Å². The van der Waals surface area contributed by atoms with Gasteiger partial charge in [-0.2, -0.15) is 0 Å². The summed E-state index contributed by atoms with van der Waals surface area (Å²) in [5.41, 5.74) is 0.847. The monoisotopic (exact) mass is 283 g/mol. The van der Waals surface area contributed by atoms with E-state index in [9.17, 15) is 4.79 Å². The first-order valence-electron chi connectivity index (χ1n) is 5.51. The number of hydrogen-bond acceptors (Lipinski definition) is 4. The Morgan fingerprint density at radius 3 is 2.89 bits per heavy atom. The predicted molar refractivity (Wildman–Crippen MR) is 76.4 cm³/mol. The molecular weight excluding hydrogens is 270 g/mol. The predicted octanol–water partition coefficient (Wildman–Crippen LogP) is 2.84. The summed E-state index contributed by atoms with van der Waals surface area (Å²) in [4.78, 5) is 17.7. The van der Waals surface area contributed by atoms with E-state index >= 15 is 0 Å². The zero-order valence-corrected chi connectivity index (χ0v) is 12.0. The Morgan fingerprint density at radius 2 is 2.22 bits per heavy atom. The zero-order valence-electron chi connectivity index (χ0n) is 10.4. The lowest BCUT2D eigenvalue weighted by Crippen LogP contribution is -2.36. The minimum absolute atomic E-state index is 0.0206. The molecule has 96 valence electrons. The molecule has 1 aromatic carbocycles. The van der Waals surface area contributed by atoms with Crippen molar-refractivity contribution in [3.8, 4) is 0 Å². The van der Waals surface area contributed by atoms with Crippen LogP contribution >= 0.6 is 22.9 Å². The molecule has 1 heterocycles. The summed E-state index contributed by atoms with van der Waals surface area (Å²) in [7, 11) is 3.47. The van der Waals surface area contributed by atoms with Gasteiger partial charge in [0.2, 0.25) is 5.91 Å². The van der Waals surface area contributed by atoms with Crippen LogP contribution in [0.5, 0.6) is 0 Å². The van der Waals surface area contributed by atoms with Gasteiger partial charge in [0.1, 0.15) is 6.04 Å². The van der Waals surface area contributed by atoms with Crippen molar-refractivity contribution in [2.45, 2.75) is 13.0 Å². The van der Waals surface area contributed by atoms with Crippen LogP contribution in [0.25, 0.3) is 10.2 Å². The van der Waals surface area contributed by atoms with Gasteiger partial charge in [0.05, 0.1) is 10.2 Å². The highest BCUT2D eigenvalue weighted by Crippen LogP contribution is 2.28. The topological polar surface area (TPSA) is 45.2 Å². The van der Waals surface area contributed by atoms with Crippen molar-refractivity contribution in [1.29, 1.82) is 0 Å². The number of carbonyl (C=O) groups excluding carboxylic acids is 1. The van der Waals surface area contributed by atoms with Crippen molar-refractivity contribution in [1.82, 2.24) is 9.88 Å². The first-order valence-corrected chi connectivity index (χ1v) is 6.70.